The smallest absolute Gasteiger partial charge is 0.331 e. The van der Waals surface area contributed by atoms with E-state index < -0.39 is 0 Å². The second-order valence-electron chi connectivity index (χ2n) is 9.14. The summed E-state index contributed by atoms with van der Waals surface area (Å²) < 4.78 is 9.74. The van der Waals surface area contributed by atoms with Crippen LogP contribution in [0.5, 0.6) is 0 Å². The molecular weight excluding hydrogens is 462 g/mol. The number of hydrogen-bond acceptors (Lipinski definition) is 5. The number of methoxy groups -OCH3 is 1. The van der Waals surface area contributed by atoms with Crippen LogP contribution in [0.15, 0.2) is 63.3 Å². The fourth-order valence-corrected chi connectivity index (χ4v) is 5.49. The van der Waals surface area contributed by atoms with Crippen molar-refractivity contribution >= 4 is 39.4 Å². The molecule has 0 atom stereocenters. The van der Waals surface area contributed by atoms with Crippen molar-refractivity contribution in [2.45, 2.75) is 44.8 Å². The summed E-state index contributed by atoms with van der Waals surface area (Å²) in [4.78, 5) is 37.9. The molecule has 35 heavy (non-hydrogen) atoms. The lowest BCUT2D eigenvalue weighted by Crippen LogP contribution is -2.38. The van der Waals surface area contributed by atoms with Gasteiger partial charge in [-0.2, -0.15) is 0 Å². The molecule has 0 aliphatic rings. The van der Waals surface area contributed by atoms with E-state index in [2.05, 4.69) is 42.7 Å². The number of thioether (sulfide) groups is 1. The Morgan fingerprint density at radius 2 is 1.83 bits per heavy atom. The maximum atomic E-state index is 13.3. The highest BCUT2D eigenvalue weighted by molar-refractivity contribution is 7.99. The Bertz CT molecular complexity index is 1490. The zero-order chi connectivity index (χ0) is 25.1. The highest BCUT2D eigenvalue weighted by atomic mass is 32.2. The minimum Gasteiger partial charge on any atom is -0.469 e. The third kappa shape index (κ3) is 5.07. The topological polar surface area (TPSA) is 75.2 Å². The van der Waals surface area contributed by atoms with Crippen molar-refractivity contribution < 1.29 is 9.53 Å². The lowest BCUT2D eigenvalue weighted by atomic mass is 10.0. The Labute approximate surface area is 208 Å². The number of benzene rings is 2. The Morgan fingerprint density at radius 1 is 1.09 bits per heavy atom. The van der Waals surface area contributed by atoms with Gasteiger partial charge in [0.1, 0.15) is 0 Å². The molecule has 0 saturated carbocycles. The lowest BCUT2D eigenvalue weighted by Gasteiger charge is -2.12. The maximum Gasteiger partial charge on any atom is 0.331 e. The third-order valence-corrected chi connectivity index (χ3v) is 7.30. The van der Waals surface area contributed by atoms with Crippen LogP contribution in [-0.2, 0) is 29.7 Å². The van der Waals surface area contributed by atoms with Crippen molar-refractivity contribution in [1.29, 1.82) is 0 Å². The van der Waals surface area contributed by atoms with Crippen LogP contribution in [0.4, 0.5) is 0 Å². The summed E-state index contributed by atoms with van der Waals surface area (Å²) in [7, 11) is 2.92. The van der Waals surface area contributed by atoms with Crippen LogP contribution in [0, 0.1) is 5.92 Å². The summed E-state index contributed by atoms with van der Waals surface area (Å²) in [5, 5.41) is 3.68. The Kier molecular flexibility index (Phi) is 7.50. The number of esters is 1. The molecule has 0 radical (unpaired) electrons. The molecule has 7 nitrogen and oxygen atoms in total. The molecule has 0 bridgehead atoms. The van der Waals surface area contributed by atoms with E-state index in [4.69, 9.17) is 4.74 Å². The molecule has 0 amide bonds. The Balaban J connectivity index is 1.85. The molecule has 2 heterocycles. The Hall–Kier alpha value is -3.26. The van der Waals surface area contributed by atoms with Crippen LogP contribution in [0.3, 0.4) is 0 Å². The van der Waals surface area contributed by atoms with Crippen molar-refractivity contribution in [3.8, 4) is 0 Å². The monoisotopic (exact) mass is 493 g/mol. The van der Waals surface area contributed by atoms with Crippen LogP contribution < -0.4 is 11.2 Å². The fourth-order valence-electron chi connectivity index (χ4n) is 4.38. The van der Waals surface area contributed by atoms with E-state index in [0.29, 0.717) is 42.6 Å². The van der Waals surface area contributed by atoms with Crippen molar-refractivity contribution in [2.24, 2.45) is 13.0 Å². The summed E-state index contributed by atoms with van der Waals surface area (Å²) >= 11 is 1.54. The van der Waals surface area contributed by atoms with Gasteiger partial charge in [0.25, 0.3) is 5.56 Å². The first-order valence-electron chi connectivity index (χ1n) is 11.8. The molecule has 2 aromatic heterocycles. The molecule has 0 unspecified atom stereocenters. The van der Waals surface area contributed by atoms with Gasteiger partial charge < -0.3 is 9.30 Å². The van der Waals surface area contributed by atoms with E-state index in [1.165, 1.54) is 18.7 Å². The molecule has 4 rings (SSSR count). The van der Waals surface area contributed by atoms with Gasteiger partial charge in [-0.25, -0.2) is 4.79 Å². The molecule has 0 fully saturated rings. The van der Waals surface area contributed by atoms with E-state index in [0.717, 1.165) is 21.4 Å². The van der Waals surface area contributed by atoms with Gasteiger partial charge >= 0.3 is 11.7 Å². The number of fused-ring (bicyclic) bond motifs is 2. The highest BCUT2D eigenvalue weighted by Crippen LogP contribution is 2.30. The number of ether oxygens (including phenoxy) is 1. The quantitative estimate of drug-likeness (QED) is 0.196. The summed E-state index contributed by atoms with van der Waals surface area (Å²) in [5.74, 6) is 0.644. The van der Waals surface area contributed by atoms with Crippen molar-refractivity contribution in [3.63, 3.8) is 0 Å². The van der Waals surface area contributed by atoms with E-state index in [1.807, 2.05) is 24.4 Å². The van der Waals surface area contributed by atoms with Gasteiger partial charge in [0.15, 0.2) is 0 Å². The largest absolute Gasteiger partial charge is 0.469 e. The van der Waals surface area contributed by atoms with Crippen molar-refractivity contribution in [2.75, 3.05) is 12.9 Å². The molecule has 4 aromatic rings. The SMILES string of the molecule is COC(=O)CCCSc1c2c(=O)n(C)c(=O)n(CC(C)C)c2cn1Cc1cccc2ccccc12. The minimum atomic E-state index is -0.305. The summed E-state index contributed by atoms with van der Waals surface area (Å²) in [6.45, 7) is 5.19. The average molecular weight is 494 g/mol. The van der Waals surface area contributed by atoms with Gasteiger partial charge in [-0.05, 0) is 28.7 Å². The summed E-state index contributed by atoms with van der Waals surface area (Å²) in [5.41, 5.74) is 1.19. The van der Waals surface area contributed by atoms with E-state index in [9.17, 15) is 14.4 Å². The first kappa shape index (κ1) is 24.9. The predicted molar refractivity (Wildman–Crippen MR) is 141 cm³/mol. The number of hydrogen-bond donors (Lipinski definition) is 0. The number of carbonyl (C=O) groups is 1. The van der Waals surface area contributed by atoms with Crippen molar-refractivity contribution in [3.05, 3.63) is 75.1 Å². The van der Waals surface area contributed by atoms with Gasteiger partial charge in [-0.3, -0.25) is 18.7 Å². The van der Waals surface area contributed by atoms with Crippen molar-refractivity contribution in [1.82, 2.24) is 13.7 Å². The summed E-state index contributed by atoms with van der Waals surface area (Å²) in [6.07, 6.45) is 2.89. The normalized spacial score (nSPS) is 11.6. The van der Waals surface area contributed by atoms with E-state index in [-0.39, 0.29) is 23.1 Å². The molecule has 0 aliphatic carbocycles. The lowest BCUT2D eigenvalue weighted by molar-refractivity contribution is -0.140. The second-order valence-corrected chi connectivity index (χ2v) is 10.2. The third-order valence-electron chi connectivity index (χ3n) is 6.10. The molecule has 0 aliphatic heterocycles. The van der Waals surface area contributed by atoms with Gasteiger partial charge in [-0.15, -0.1) is 11.8 Å². The van der Waals surface area contributed by atoms with Crippen LogP contribution in [0.25, 0.3) is 21.7 Å². The molecule has 184 valence electrons. The van der Waals surface area contributed by atoms with E-state index >= 15 is 0 Å². The minimum absolute atomic E-state index is 0.242. The average Bonchev–Trinajstić information content (AvgIpc) is 3.20. The molecule has 0 spiro atoms. The van der Waals surface area contributed by atoms with Gasteiger partial charge in [0, 0.05) is 38.5 Å². The zero-order valence-electron chi connectivity index (χ0n) is 20.6. The van der Waals surface area contributed by atoms with Crippen LogP contribution >= 0.6 is 11.8 Å². The maximum absolute atomic E-state index is 13.3. The fraction of sp³-hybridized carbons (Fsp3) is 0.370. The number of rotatable bonds is 9. The van der Waals surface area contributed by atoms with Crippen LogP contribution in [0.1, 0.15) is 32.3 Å². The van der Waals surface area contributed by atoms with Crippen LogP contribution in [0.2, 0.25) is 0 Å². The summed E-state index contributed by atoms with van der Waals surface area (Å²) in [6, 6.07) is 14.5. The molecule has 0 saturated heterocycles. The predicted octanol–water partition coefficient (Wildman–Crippen LogP) is 4.40. The molecule has 8 heteroatoms. The number of carbonyl (C=O) groups excluding carboxylic acids is 1. The van der Waals surface area contributed by atoms with Gasteiger partial charge in [-0.1, -0.05) is 56.3 Å². The number of aromatic nitrogens is 3. The van der Waals surface area contributed by atoms with Gasteiger partial charge in [0.2, 0.25) is 0 Å². The van der Waals surface area contributed by atoms with E-state index in [1.54, 1.807) is 16.3 Å². The molecule has 2 aromatic carbocycles. The zero-order valence-corrected chi connectivity index (χ0v) is 21.4. The van der Waals surface area contributed by atoms with Gasteiger partial charge in [0.05, 0.1) is 23.0 Å². The first-order valence-corrected chi connectivity index (χ1v) is 12.8. The molecule has 0 N–H and O–H groups in total. The highest BCUT2D eigenvalue weighted by Gasteiger charge is 2.21. The first-order chi connectivity index (χ1) is 16.8. The number of nitrogens with zero attached hydrogens (tertiary/aromatic N) is 3. The second kappa shape index (κ2) is 10.6. The standard InChI is InChI=1S/C27H31N3O4S/c1-18(2)15-30-22-17-29(16-20-11-7-10-19-9-5-6-12-21(19)20)26(35-14-8-13-23(31)34-4)24(22)25(32)28(3)27(30)33/h5-7,9-12,17-18H,8,13-16H2,1-4H3. The van der Waals surface area contributed by atoms with Crippen LogP contribution in [-0.4, -0.2) is 32.5 Å². The molecular formula is C27H31N3O4S. The Morgan fingerprint density at radius 3 is 2.57 bits per heavy atom.